The molecule has 0 saturated carbocycles. The molecule has 0 saturated heterocycles. The van der Waals surface area contributed by atoms with Gasteiger partial charge < -0.3 is 15.5 Å². The van der Waals surface area contributed by atoms with Gasteiger partial charge in [0.15, 0.2) is 5.03 Å². The summed E-state index contributed by atoms with van der Waals surface area (Å²) >= 11 is 1.01. The number of aliphatic hydroxyl groups is 2. The lowest BCUT2D eigenvalue weighted by molar-refractivity contribution is -0.389. The molecular formula is C9H14N4O4S. The third-order valence-corrected chi connectivity index (χ3v) is 3.17. The SMILES string of the molecule is CNc1nc(C)c([N+](=O)[O-])c(SCC(O)CO)n1. The van der Waals surface area contributed by atoms with E-state index in [4.69, 9.17) is 5.11 Å². The molecule has 1 aromatic rings. The van der Waals surface area contributed by atoms with Gasteiger partial charge in [0.05, 0.1) is 17.6 Å². The fraction of sp³-hybridized carbons (Fsp3) is 0.556. The molecule has 0 aromatic carbocycles. The smallest absolute Gasteiger partial charge is 0.322 e. The lowest BCUT2D eigenvalue weighted by Crippen LogP contribution is -2.15. The van der Waals surface area contributed by atoms with Crippen LogP contribution in [-0.4, -0.2) is 50.6 Å². The van der Waals surface area contributed by atoms with Crippen LogP contribution < -0.4 is 5.32 Å². The van der Waals surface area contributed by atoms with Crippen LogP contribution in [0.15, 0.2) is 5.03 Å². The number of thioether (sulfide) groups is 1. The number of aromatic nitrogens is 2. The second kappa shape index (κ2) is 6.47. The minimum absolute atomic E-state index is 0.122. The number of aryl methyl sites for hydroxylation is 1. The molecule has 1 rings (SSSR count). The van der Waals surface area contributed by atoms with Crippen molar-refractivity contribution in [2.45, 2.75) is 18.1 Å². The van der Waals surface area contributed by atoms with Crippen LogP contribution in [0.5, 0.6) is 0 Å². The molecule has 0 spiro atoms. The maximum absolute atomic E-state index is 10.9. The topological polar surface area (TPSA) is 121 Å². The van der Waals surface area contributed by atoms with Crippen molar-refractivity contribution in [3.05, 3.63) is 15.8 Å². The summed E-state index contributed by atoms with van der Waals surface area (Å²) in [5, 5.41) is 31.8. The number of hydrogen-bond acceptors (Lipinski definition) is 8. The Hall–Kier alpha value is -1.45. The van der Waals surface area contributed by atoms with E-state index in [9.17, 15) is 15.2 Å². The third-order valence-electron chi connectivity index (χ3n) is 2.06. The van der Waals surface area contributed by atoms with E-state index in [2.05, 4.69) is 15.3 Å². The number of nitrogens with zero attached hydrogens (tertiary/aromatic N) is 3. The van der Waals surface area contributed by atoms with Gasteiger partial charge in [0, 0.05) is 12.8 Å². The summed E-state index contributed by atoms with van der Waals surface area (Å²) in [5.74, 6) is 0.399. The van der Waals surface area contributed by atoms with Crippen LogP contribution in [0, 0.1) is 17.0 Å². The van der Waals surface area contributed by atoms with Gasteiger partial charge in [-0.2, -0.15) is 4.98 Å². The summed E-state index contributed by atoms with van der Waals surface area (Å²) in [7, 11) is 1.61. The van der Waals surface area contributed by atoms with Crippen molar-refractivity contribution in [1.29, 1.82) is 0 Å². The molecule has 100 valence electrons. The Balaban J connectivity index is 3.05. The normalized spacial score (nSPS) is 12.2. The first-order valence-corrected chi connectivity index (χ1v) is 6.10. The van der Waals surface area contributed by atoms with Crippen molar-refractivity contribution in [3.8, 4) is 0 Å². The van der Waals surface area contributed by atoms with E-state index >= 15 is 0 Å². The number of nitro groups is 1. The van der Waals surface area contributed by atoms with Crippen LogP contribution in [0.25, 0.3) is 0 Å². The van der Waals surface area contributed by atoms with Crippen molar-refractivity contribution in [1.82, 2.24) is 9.97 Å². The first-order chi connectivity index (χ1) is 8.49. The molecular weight excluding hydrogens is 260 g/mol. The first kappa shape index (κ1) is 14.6. The third kappa shape index (κ3) is 3.52. The number of anilines is 1. The molecule has 1 unspecified atom stereocenters. The average Bonchev–Trinajstić information content (AvgIpc) is 2.34. The molecule has 1 aromatic heterocycles. The van der Waals surface area contributed by atoms with Gasteiger partial charge in [-0.1, -0.05) is 11.8 Å². The Morgan fingerprint density at radius 3 is 2.72 bits per heavy atom. The van der Waals surface area contributed by atoms with E-state index in [0.717, 1.165) is 11.8 Å². The van der Waals surface area contributed by atoms with E-state index in [0.29, 0.717) is 0 Å². The quantitative estimate of drug-likeness (QED) is 0.291. The van der Waals surface area contributed by atoms with Crippen molar-refractivity contribution >= 4 is 23.4 Å². The summed E-state index contributed by atoms with van der Waals surface area (Å²) in [6, 6.07) is 0. The van der Waals surface area contributed by atoms with Crippen molar-refractivity contribution in [2.24, 2.45) is 0 Å². The van der Waals surface area contributed by atoms with E-state index < -0.39 is 17.6 Å². The average molecular weight is 274 g/mol. The highest BCUT2D eigenvalue weighted by Crippen LogP contribution is 2.30. The van der Waals surface area contributed by atoms with Crippen LogP contribution in [-0.2, 0) is 0 Å². The minimum atomic E-state index is -0.942. The fourth-order valence-electron chi connectivity index (χ4n) is 1.19. The van der Waals surface area contributed by atoms with Crippen LogP contribution >= 0.6 is 11.8 Å². The standard InChI is InChI=1S/C9H14N4O4S/c1-5-7(13(16)17)8(12-9(10-2)11-5)18-4-6(15)3-14/h6,14-15H,3-4H2,1-2H3,(H,10,11,12). The number of hydrogen-bond donors (Lipinski definition) is 3. The lowest BCUT2D eigenvalue weighted by Gasteiger charge is -2.08. The maximum Gasteiger partial charge on any atom is 0.322 e. The predicted octanol–water partition coefficient (Wildman–Crippen LogP) is 0.180. The molecule has 0 aliphatic heterocycles. The molecule has 0 radical (unpaired) electrons. The Labute approximate surface area is 108 Å². The molecule has 8 nitrogen and oxygen atoms in total. The van der Waals surface area contributed by atoms with Crippen molar-refractivity contribution in [2.75, 3.05) is 24.7 Å². The number of rotatable bonds is 6. The van der Waals surface area contributed by atoms with Gasteiger partial charge in [-0.3, -0.25) is 10.1 Å². The molecule has 9 heteroatoms. The summed E-state index contributed by atoms with van der Waals surface area (Å²) in [6.45, 7) is 1.12. The molecule has 18 heavy (non-hydrogen) atoms. The van der Waals surface area contributed by atoms with Gasteiger partial charge in [0.1, 0.15) is 5.69 Å². The van der Waals surface area contributed by atoms with Gasteiger partial charge >= 0.3 is 5.69 Å². The number of nitrogens with one attached hydrogen (secondary N) is 1. The number of aliphatic hydroxyl groups excluding tert-OH is 2. The van der Waals surface area contributed by atoms with Gasteiger partial charge in [0.2, 0.25) is 5.95 Å². The largest absolute Gasteiger partial charge is 0.394 e. The Kier molecular flexibility index (Phi) is 5.25. The monoisotopic (exact) mass is 274 g/mol. The Bertz CT molecular complexity index is 443. The Morgan fingerprint density at radius 2 is 2.22 bits per heavy atom. The zero-order valence-corrected chi connectivity index (χ0v) is 10.8. The van der Waals surface area contributed by atoms with Crippen LogP contribution in [0.3, 0.4) is 0 Å². The molecule has 0 amide bonds. The van der Waals surface area contributed by atoms with E-state index in [1.807, 2.05) is 0 Å². The molecule has 1 atom stereocenters. The lowest BCUT2D eigenvalue weighted by atomic mass is 10.4. The van der Waals surface area contributed by atoms with Gasteiger partial charge in [-0.15, -0.1) is 0 Å². The predicted molar refractivity (Wildman–Crippen MR) is 66.8 cm³/mol. The molecule has 0 bridgehead atoms. The zero-order chi connectivity index (χ0) is 13.7. The van der Waals surface area contributed by atoms with Gasteiger partial charge in [-0.05, 0) is 6.92 Å². The van der Waals surface area contributed by atoms with Crippen LogP contribution in [0.4, 0.5) is 11.6 Å². The molecule has 0 aliphatic rings. The fourth-order valence-corrected chi connectivity index (χ4v) is 2.16. The second-order valence-corrected chi connectivity index (χ2v) is 4.45. The summed E-state index contributed by atoms with van der Waals surface area (Å²) in [5.41, 5.74) is 0.0736. The minimum Gasteiger partial charge on any atom is -0.394 e. The Morgan fingerprint density at radius 1 is 1.56 bits per heavy atom. The highest BCUT2D eigenvalue weighted by atomic mass is 32.2. The molecule has 0 aliphatic carbocycles. The van der Waals surface area contributed by atoms with Gasteiger partial charge in [0.25, 0.3) is 0 Å². The van der Waals surface area contributed by atoms with Gasteiger partial charge in [-0.25, -0.2) is 4.98 Å². The summed E-state index contributed by atoms with van der Waals surface area (Å²) < 4.78 is 0. The summed E-state index contributed by atoms with van der Waals surface area (Å²) in [6.07, 6.45) is -0.942. The van der Waals surface area contributed by atoms with E-state index in [-0.39, 0.29) is 28.1 Å². The van der Waals surface area contributed by atoms with Crippen molar-refractivity contribution in [3.63, 3.8) is 0 Å². The molecule has 1 heterocycles. The van der Waals surface area contributed by atoms with Crippen LogP contribution in [0.1, 0.15) is 5.69 Å². The maximum atomic E-state index is 10.9. The second-order valence-electron chi connectivity index (χ2n) is 3.44. The summed E-state index contributed by atoms with van der Waals surface area (Å²) in [4.78, 5) is 18.3. The molecule has 0 fully saturated rings. The van der Waals surface area contributed by atoms with E-state index in [1.165, 1.54) is 6.92 Å². The molecule has 3 N–H and O–H groups in total. The highest BCUT2D eigenvalue weighted by Gasteiger charge is 2.22. The van der Waals surface area contributed by atoms with Crippen LogP contribution in [0.2, 0.25) is 0 Å². The first-order valence-electron chi connectivity index (χ1n) is 5.12. The van der Waals surface area contributed by atoms with E-state index in [1.54, 1.807) is 7.05 Å². The highest BCUT2D eigenvalue weighted by molar-refractivity contribution is 7.99. The van der Waals surface area contributed by atoms with Crippen molar-refractivity contribution < 1.29 is 15.1 Å². The zero-order valence-electron chi connectivity index (χ0n) is 9.95.